The molecule has 0 aliphatic rings. The first-order valence-electron chi connectivity index (χ1n) is 7.16. The van der Waals surface area contributed by atoms with Crippen molar-refractivity contribution in [1.82, 2.24) is 5.32 Å². The van der Waals surface area contributed by atoms with E-state index in [1.807, 2.05) is 42.5 Å². The molecule has 0 atom stereocenters. The fourth-order valence-corrected chi connectivity index (χ4v) is 2.50. The van der Waals surface area contributed by atoms with Crippen LogP contribution >= 0.6 is 28.1 Å². The fraction of sp³-hybridized carbons (Fsp3) is 0.235. The van der Waals surface area contributed by atoms with Gasteiger partial charge in [-0.3, -0.25) is 0 Å². The predicted octanol–water partition coefficient (Wildman–Crippen LogP) is 4.34. The first kappa shape index (κ1) is 16.9. The van der Waals surface area contributed by atoms with Crippen LogP contribution in [0.3, 0.4) is 0 Å². The Morgan fingerprint density at radius 3 is 2.68 bits per heavy atom. The molecule has 2 aromatic carbocycles. The molecular formula is C17H19BrN2OS. The van der Waals surface area contributed by atoms with Gasteiger partial charge in [0.25, 0.3) is 0 Å². The Labute approximate surface area is 145 Å². The molecule has 2 rings (SSSR count). The lowest BCUT2D eigenvalue weighted by atomic mass is 10.2. The number of hydrogen-bond acceptors (Lipinski definition) is 2. The van der Waals surface area contributed by atoms with Crippen LogP contribution < -0.4 is 10.6 Å². The summed E-state index contributed by atoms with van der Waals surface area (Å²) in [7, 11) is 0. The summed E-state index contributed by atoms with van der Waals surface area (Å²) in [5, 5.41) is 6.95. The molecule has 2 aromatic rings. The standard InChI is InChI=1S/C17H19BrN2OS/c18-15-8-4-9-16(12-15)20-17(22)19-10-5-11-21-13-14-6-2-1-3-7-14/h1-4,6-9,12H,5,10-11,13H2,(H2,19,20,22). The maximum absolute atomic E-state index is 5.63. The number of halogens is 1. The topological polar surface area (TPSA) is 33.3 Å². The second-order valence-corrected chi connectivity index (χ2v) is 6.11. The van der Waals surface area contributed by atoms with Gasteiger partial charge in [0.15, 0.2) is 5.11 Å². The average molecular weight is 379 g/mol. The predicted molar refractivity (Wildman–Crippen MR) is 99.1 cm³/mol. The van der Waals surface area contributed by atoms with E-state index in [1.165, 1.54) is 5.56 Å². The van der Waals surface area contributed by atoms with Crippen molar-refractivity contribution in [2.45, 2.75) is 13.0 Å². The van der Waals surface area contributed by atoms with Crippen LogP contribution in [-0.2, 0) is 11.3 Å². The van der Waals surface area contributed by atoms with Crippen molar-refractivity contribution in [2.24, 2.45) is 0 Å². The largest absolute Gasteiger partial charge is 0.377 e. The van der Waals surface area contributed by atoms with Gasteiger partial charge in [0.1, 0.15) is 0 Å². The average Bonchev–Trinajstić information content (AvgIpc) is 2.52. The molecule has 2 N–H and O–H groups in total. The molecule has 0 bridgehead atoms. The molecule has 116 valence electrons. The molecule has 0 radical (unpaired) electrons. The molecule has 22 heavy (non-hydrogen) atoms. The van der Waals surface area contributed by atoms with Crippen molar-refractivity contribution in [3.8, 4) is 0 Å². The van der Waals surface area contributed by atoms with Gasteiger partial charge < -0.3 is 15.4 Å². The Hall–Kier alpha value is -1.43. The normalized spacial score (nSPS) is 10.2. The number of rotatable bonds is 7. The number of ether oxygens (including phenoxy) is 1. The smallest absolute Gasteiger partial charge is 0.170 e. The molecule has 0 unspecified atom stereocenters. The van der Waals surface area contributed by atoms with Crippen molar-refractivity contribution >= 4 is 38.9 Å². The maximum Gasteiger partial charge on any atom is 0.170 e. The maximum atomic E-state index is 5.63. The third kappa shape index (κ3) is 6.56. The van der Waals surface area contributed by atoms with Crippen molar-refractivity contribution in [3.05, 3.63) is 64.6 Å². The van der Waals surface area contributed by atoms with Gasteiger partial charge in [-0.15, -0.1) is 0 Å². The van der Waals surface area contributed by atoms with Crippen LogP contribution in [0, 0.1) is 0 Å². The summed E-state index contributed by atoms with van der Waals surface area (Å²) in [5.41, 5.74) is 2.16. The van der Waals surface area contributed by atoms with Crippen LogP contribution in [0.25, 0.3) is 0 Å². The van der Waals surface area contributed by atoms with Crippen LogP contribution in [0.2, 0.25) is 0 Å². The van der Waals surface area contributed by atoms with E-state index in [9.17, 15) is 0 Å². The number of anilines is 1. The molecule has 5 heteroatoms. The lowest BCUT2D eigenvalue weighted by Gasteiger charge is -2.11. The van der Waals surface area contributed by atoms with Crippen molar-refractivity contribution in [1.29, 1.82) is 0 Å². The third-order valence-corrected chi connectivity index (χ3v) is 3.68. The Kier molecular flexibility index (Phi) is 7.36. The van der Waals surface area contributed by atoms with Gasteiger partial charge in [0, 0.05) is 23.3 Å². The number of hydrogen-bond donors (Lipinski definition) is 2. The van der Waals surface area contributed by atoms with Crippen LogP contribution in [0.1, 0.15) is 12.0 Å². The lowest BCUT2D eigenvalue weighted by molar-refractivity contribution is 0.119. The number of benzene rings is 2. The molecule has 0 aliphatic heterocycles. The third-order valence-electron chi connectivity index (χ3n) is 2.95. The van der Waals surface area contributed by atoms with E-state index < -0.39 is 0 Å². The minimum Gasteiger partial charge on any atom is -0.377 e. The van der Waals surface area contributed by atoms with Crippen molar-refractivity contribution < 1.29 is 4.74 Å². The van der Waals surface area contributed by atoms with E-state index in [1.54, 1.807) is 0 Å². The van der Waals surface area contributed by atoms with E-state index in [0.29, 0.717) is 18.3 Å². The van der Waals surface area contributed by atoms with Gasteiger partial charge in [-0.1, -0.05) is 52.3 Å². The molecule has 3 nitrogen and oxygen atoms in total. The Bertz CT molecular complexity index is 592. The van der Waals surface area contributed by atoms with Gasteiger partial charge in [0.05, 0.1) is 6.61 Å². The highest BCUT2D eigenvalue weighted by molar-refractivity contribution is 9.10. The zero-order valence-electron chi connectivity index (χ0n) is 12.2. The highest BCUT2D eigenvalue weighted by Gasteiger charge is 1.98. The molecule has 0 aliphatic carbocycles. The van der Waals surface area contributed by atoms with Crippen LogP contribution in [0.15, 0.2) is 59.1 Å². The lowest BCUT2D eigenvalue weighted by Crippen LogP contribution is -2.29. The minimum absolute atomic E-state index is 0.626. The van der Waals surface area contributed by atoms with Crippen molar-refractivity contribution in [3.63, 3.8) is 0 Å². The van der Waals surface area contributed by atoms with Crippen LogP contribution in [-0.4, -0.2) is 18.3 Å². The van der Waals surface area contributed by atoms with Gasteiger partial charge in [0.2, 0.25) is 0 Å². The highest BCUT2D eigenvalue weighted by Crippen LogP contribution is 2.15. The summed E-state index contributed by atoms with van der Waals surface area (Å²) in [5.74, 6) is 0. The van der Waals surface area contributed by atoms with E-state index in [-0.39, 0.29) is 0 Å². The van der Waals surface area contributed by atoms with Gasteiger partial charge in [-0.25, -0.2) is 0 Å². The first-order chi connectivity index (χ1) is 10.7. The Balaban J connectivity index is 1.56. The number of nitrogens with one attached hydrogen (secondary N) is 2. The molecule has 0 aromatic heterocycles. The number of thiocarbonyl (C=S) groups is 1. The van der Waals surface area contributed by atoms with Crippen LogP contribution in [0.4, 0.5) is 5.69 Å². The second-order valence-electron chi connectivity index (χ2n) is 4.78. The quantitative estimate of drug-likeness (QED) is 0.554. The Morgan fingerprint density at radius 1 is 1.09 bits per heavy atom. The van der Waals surface area contributed by atoms with Crippen molar-refractivity contribution in [2.75, 3.05) is 18.5 Å². The summed E-state index contributed by atoms with van der Waals surface area (Å²) < 4.78 is 6.65. The van der Waals surface area contributed by atoms with E-state index >= 15 is 0 Å². The molecule has 0 saturated carbocycles. The summed E-state index contributed by atoms with van der Waals surface area (Å²) in [6, 6.07) is 18.1. The van der Waals surface area contributed by atoms with E-state index in [2.05, 4.69) is 38.7 Å². The van der Waals surface area contributed by atoms with E-state index in [4.69, 9.17) is 17.0 Å². The first-order valence-corrected chi connectivity index (χ1v) is 8.36. The van der Waals surface area contributed by atoms with E-state index in [0.717, 1.165) is 23.1 Å². The SMILES string of the molecule is S=C(NCCCOCc1ccccc1)Nc1cccc(Br)c1. The van der Waals surface area contributed by atoms with Gasteiger partial charge in [-0.2, -0.15) is 0 Å². The van der Waals surface area contributed by atoms with Crippen LogP contribution in [0.5, 0.6) is 0 Å². The molecule has 0 fully saturated rings. The summed E-state index contributed by atoms with van der Waals surface area (Å²) in [6.07, 6.45) is 0.910. The monoisotopic (exact) mass is 378 g/mol. The highest BCUT2D eigenvalue weighted by atomic mass is 79.9. The fourth-order valence-electron chi connectivity index (χ4n) is 1.88. The zero-order valence-corrected chi connectivity index (χ0v) is 14.6. The second kappa shape index (κ2) is 9.56. The Morgan fingerprint density at radius 2 is 1.91 bits per heavy atom. The van der Waals surface area contributed by atoms with Gasteiger partial charge in [-0.05, 0) is 42.4 Å². The molecule has 0 amide bonds. The van der Waals surface area contributed by atoms with Gasteiger partial charge >= 0.3 is 0 Å². The summed E-state index contributed by atoms with van der Waals surface area (Å²) in [6.45, 7) is 2.15. The zero-order chi connectivity index (χ0) is 15.6. The summed E-state index contributed by atoms with van der Waals surface area (Å²) >= 11 is 8.69. The minimum atomic E-state index is 0.626. The molecule has 0 spiro atoms. The molecular weight excluding hydrogens is 360 g/mol. The molecule has 0 heterocycles. The summed E-state index contributed by atoms with van der Waals surface area (Å²) in [4.78, 5) is 0. The molecule has 0 saturated heterocycles.